The zero-order chi connectivity index (χ0) is 13.5. The van der Waals surface area contributed by atoms with Crippen molar-refractivity contribution in [1.82, 2.24) is 21.3 Å². The molecule has 0 amide bonds. The molecule has 4 aliphatic rings. The van der Waals surface area contributed by atoms with Crippen molar-refractivity contribution in [3.63, 3.8) is 0 Å². The van der Waals surface area contributed by atoms with Crippen LogP contribution in [0.25, 0.3) is 0 Å². The molecule has 0 aromatic heterocycles. The Morgan fingerprint density at radius 3 is 2.50 bits per heavy atom. The highest BCUT2D eigenvalue weighted by atomic mass is 15.1. The molecule has 3 heterocycles. The Hall–Kier alpha value is -0.160. The molecule has 1 saturated carbocycles. The second-order valence-electron chi connectivity index (χ2n) is 7.31. The van der Waals surface area contributed by atoms with Crippen molar-refractivity contribution in [3.05, 3.63) is 5.92 Å². The van der Waals surface area contributed by atoms with E-state index in [9.17, 15) is 0 Å². The molecular weight excluding hydrogens is 248 g/mol. The van der Waals surface area contributed by atoms with E-state index in [-0.39, 0.29) is 0 Å². The normalized spacial score (nSPS) is 41.7. The summed E-state index contributed by atoms with van der Waals surface area (Å²) < 4.78 is 0. The summed E-state index contributed by atoms with van der Waals surface area (Å²) in [6.45, 7) is 7.05. The maximum Gasteiger partial charge on any atom is 0.0385 e. The summed E-state index contributed by atoms with van der Waals surface area (Å²) in [6.07, 6.45) is 8.14. The summed E-state index contributed by atoms with van der Waals surface area (Å²) >= 11 is 0. The van der Waals surface area contributed by atoms with Crippen LogP contribution in [0.2, 0.25) is 0 Å². The van der Waals surface area contributed by atoms with Crippen molar-refractivity contribution in [2.45, 2.75) is 50.1 Å². The van der Waals surface area contributed by atoms with Gasteiger partial charge in [0.05, 0.1) is 0 Å². The lowest BCUT2D eigenvalue weighted by Crippen LogP contribution is -2.64. The first kappa shape index (κ1) is 13.5. The van der Waals surface area contributed by atoms with Gasteiger partial charge in [-0.3, -0.25) is 0 Å². The number of hydrogen-bond acceptors (Lipinski definition) is 4. The Morgan fingerprint density at radius 2 is 1.70 bits per heavy atom. The number of hydrogen-bond donors (Lipinski definition) is 4. The van der Waals surface area contributed by atoms with Crippen LogP contribution in [0.5, 0.6) is 0 Å². The predicted octanol–water partition coefficient (Wildman–Crippen LogP) is 0.408. The van der Waals surface area contributed by atoms with Gasteiger partial charge in [-0.15, -0.1) is 0 Å². The van der Waals surface area contributed by atoms with Crippen molar-refractivity contribution in [2.75, 3.05) is 39.3 Å². The van der Waals surface area contributed by atoms with Crippen molar-refractivity contribution >= 4 is 0 Å². The molecule has 4 rings (SSSR count). The molecule has 0 aromatic rings. The largest absolute Gasteiger partial charge is 0.317 e. The summed E-state index contributed by atoms with van der Waals surface area (Å²) in [6, 6.07) is 0.666. The van der Waals surface area contributed by atoms with E-state index < -0.39 is 0 Å². The van der Waals surface area contributed by atoms with Gasteiger partial charge in [0, 0.05) is 37.1 Å². The topological polar surface area (TPSA) is 48.1 Å². The first-order valence-electron chi connectivity index (χ1n) is 8.61. The third-order valence-electron chi connectivity index (χ3n) is 6.39. The standard InChI is InChI=1S/C16H29N4/c1-2-13(16(3-1)12-18-10-11-20-16)14-15(6-9-19-14)4-7-17-8-5-15/h14,17-20H,1-12H2. The van der Waals surface area contributed by atoms with Crippen molar-refractivity contribution < 1.29 is 0 Å². The molecule has 4 N–H and O–H groups in total. The molecule has 1 aliphatic carbocycles. The van der Waals surface area contributed by atoms with Crippen LogP contribution in [0, 0.1) is 11.3 Å². The minimum atomic E-state index is 0.304. The van der Waals surface area contributed by atoms with Crippen molar-refractivity contribution in [2.24, 2.45) is 5.41 Å². The average molecular weight is 277 g/mol. The number of piperazine rings is 1. The summed E-state index contributed by atoms with van der Waals surface area (Å²) in [4.78, 5) is 0. The Kier molecular flexibility index (Phi) is 3.53. The lowest BCUT2D eigenvalue weighted by molar-refractivity contribution is 0.155. The Bertz CT molecular complexity index is 310. The average Bonchev–Trinajstić information content (AvgIpc) is 3.05. The highest BCUT2D eigenvalue weighted by Gasteiger charge is 2.55. The smallest absolute Gasteiger partial charge is 0.0385 e. The maximum absolute atomic E-state index is 3.90. The van der Waals surface area contributed by atoms with Crippen molar-refractivity contribution in [3.8, 4) is 0 Å². The quantitative estimate of drug-likeness (QED) is 0.561. The summed E-state index contributed by atoms with van der Waals surface area (Å²) in [5, 5.41) is 15.0. The van der Waals surface area contributed by atoms with Crippen LogP contribution in [-0.4, -0.2) is 50.8 Å². The first-order valence-corrected chi connectivity index (χ1v) is 8.61. The molecule has 0 bridgehead atoms. The second kappa shape index (κ2) is 5.24. The van der Waals surface area contributed by atoms with Crippen LogP contribution in [0.1, 0.15) is 38.5 Å². The maximum atomic E-state index is 3.90. The summed E-state index contributed by atoms with van der Waals surface area (Å²) in [7, 11) is 0. The van der Waals surface area contributed by atoms with Crippen molar-refractivity contribution in [1.29, 1.82) is 0 Å². The van der Waals surface area contributed by atoms with Crippen LogP contribution in [0.15, 0.2) is 0 Å². The number of piperidine rings is 1. The van der Waals surface area contributed by atoms with E-state index in [4.69, 9.17) is 0 Å². The summed E-state index contributed by atoms with van der Waals surface area (Å²) in [5.41, 5.74) is 0.856. The molecule has 0 aromatic carbocycles. The van der Waals surface area contributed by atoms with Gasteiger partial charge in [-0.1, -0.05) is 6.42 Å². The number of rotatable bonds is 1. The minimum absolute atomic E-state index is 0.304. The van der Waals surface area contributed by atoms with E-state index >= 15 is 0 Å². The minimum Gasteiger partial charge on any atom is -0.317 e. The van der Waals surface area contributed by atoms with Crippen LogP contribution in [0.3, 0.4) is 0 Å². The first-order chi connectivity index (χ1) is 9.85. The summed E-state index contributed by atoms with van der Waals surface area (Å²) in [5.74, 6) is 1.81. The van der Waals surface area contributed by atoms with E-state index in [0.717, 1.165) is 19.6 Å². The van der Waals surface area contributed by atoms with Crippen LogP contribution in [0.4, 0.5) is 0 Å². The highest BCUT2D eigenvalue weighted by Crippen LogP contribution is 2.51. The molecular formula is C16H29N4. The third kappa shape index (κ3) is 2.04. The Morgan fingerprint density at radius 1 is 0.850 bits per heavy atom. The monoisotopic (exact) mass is 277 g/mol. The van der Waals surface area contributed by atoms with Gasteiger partial charge in [-0.2, -0.15) is 0 Å². The van der Waals surface area contributed by atoms with Crippen LogP contribution < -0.4 is 21.3 Å². The zero-order valence-electron chi connectivity index (χ0n) is 12.6. The number of nitrogens with one attached hydrogen (secondary N) is 4. The van der Waals surface area contributed by atoms with E-state index in [1.165, 1.54) is 58.2 Å². The molecule has 20 heavy (non-hydrogen) atoms. The van der Waals surface area contributed by atoms with Gasteiger partial charge >= 0.3 is 0 Å². The van der Waals surface area contributed by atoms with Gasteiger partial charge in [-0.25, -0.2) is 0 Å². The SMILES string of the molecule is C1C[C](C2NCCC23CCNCC3)C2(C1)CNCCN2. The van der Waals surface area contributed by atoms with Gasteiger partial charge in [0.15, 0.2) is 0 Å². The fourth-order valence-corrected chi connectivity index (χ4v) is 5.34. The fourth-order valence-electron chi connectivity index (χ4n) is 5.34. The molecule has 3 saturated heterocycles. The van der Waals surface area contributed by atoms with Crippen LogP contribution in [-0.2, 0) is 0 Å². The molecule has 113 valence electrons. The molecule has 4 nitrogen and oxygen atoms in total. The van der Waals surface area contributed by atoms with Gasteiger partial charge in [-0.05, 0) is 57.2 Å². The molecule has 1 radical (unpaired) electrons. The predicted molar refractivity (Wildman–Crippen MR) is 81.6 cm³/mol. The molecule has 2 unspecified atom stereocenters. The fraction of sp³-hybridized carbons (Fsp3) is 0.938. The second-order valence-corrected chi connectivity index (χ2v) is 7.31. The van der Waals surface area contributed by atoms with E-state index in [1.54, 1.807) is 0 Å². The lowest BCUT2D eigenvalue weighted by Gasteiger charge is -2.48. The molecule has 3 aliphatic heterocycles. The zero-order valence-corrected chi connectivity index (χ0v) is 12.6. The molecule has 2 atom stereocenters. The van der Waals surface area contributed by atoms with Gasteiger partial charge in [0.2, 0.25) is 0 Å². The van der Waals surface area contributed by atoms with Crippen LogP contribution >= 0.6 is 0 Å². The van der Waals surface area contributed by atoms with Gasteiger partial charge < -0.3 is 21.3 Å². The van der Waals surface area contributed by atoms with E-state index in [2.05, 4.69) is 21.3 Å². The molecule has 4 heteroatoms. The lowest BCUT2D eigenvalue weighted by atomic mass is 9.65. The van der Waals surface area contributed by atoms with E-state index in [0.29, 0.717) is 17.0 Å². The molecule has 4 fully saturated rings. The Labute approximate surface area is 122 Å². The molecule has 2 spiro atoms. The van der Waals surface area contributed by atoms with E-state index in [1.807, 2.05) is 5.92 Å². The van der Waals surface area contributed by atoms with Gasteiger partial charge in [0.1, 0.15) is 0 Å². The van der Waals surface area contributed by atoms with Gasteiger partial charge in [0.25, 0.3) is 0 Å². The highest BCUT2D eigenvalue weighted by molar-refractivity contribution is 5.29. The third-order valence-corrected chi connectivity index (χ3v) is 6.39. The Balaban J connectivity index is 1.58.